The monoisotopic (exact) mass is 1010 g/mol. The Kier molecular flexibility index (Phi) is 21.5. The van der Waals surface area contributed by atoms with Gasteiger partial charge in [-0.25, -0.2) is 0 Å². The lowest BCUT2D eigenvalue weighted by Gasteiger charge is -2.50. The van der Waals surface area contributed by atoms with Crippen LogP contribution in [-0.4, -0.2) is 301 Å². The first-order chi connectivity index (χ1) is 32.7. The van der Waals surface area contributed by atoms with E-state index in [9.17, 15) is 91.0 Å². The van der Waals surface area contributed by atoms with Gasteiger partial charge in [-0.05, 0) is 0 Å². The Balaban J connectivity index is 1.41. The molecular formula is C38H65N3O28. The molecule has 0 bridgehead atoms. The van der Waals surface area contributed by atoms with Crippen molar-refractivity contribution in [3.8, 4) is 0 Å². The number of aliphatic hydroxyl groups excluding tert-OH is 15. The summed E-state index contributed by atoms with van der Waals surface area (Å²) < 4.78 is 57.4. The molecule has 5 heterocycles. The third-order valence-corrected chi connectivity index (χ3v) is 12.1. The van der Waals surface area contributed by atoms with E-state index in [-0.39, 0.29) is 6.41 Å². The van der Waals surface area contributed by atoms with E-state index in [4.69, 9.17) is 47.4 Å². The van der Waals surface area contributed by atoms with Crippen molar-refractivity contribution < 1.29 is 138 Å². The molecule has 0 aromatic heterocycles. The Hall–Kier alpha value is -2.59. The van der Waals surface area contributed by atoms with Crippen LogP contribution in [0.1, 0.15) is 13.8 Å². The molecule has 0 aliphatic carbocycles. The highest BCUT2D eigenvalue weighted by molar-refractivity contribution is 5.73. The molecule has 18 N–H and O–H groups in total. The van der Waals surface area contributed by atoms with E-state index >= 15 is 0 Å². The Morgan fingerprint density at radius 2 is 0.913 bits per heavy atom. The second-order valence-corrected chi connectivity index (χ2v) is 16.9. The average molecular weight is 1010 g/mol. The summed E-state index contributed by atoms with van der Waals surface area (Å²) in [7, 11) is 0. The maximum atomic E-state index is 12.7. The lowest BCUT2D eigenvalue weighted by Crippen LogP contribution is -2.70. The molecule has 0 aromatic rings. The van der Waals surface area contributed by atoms with Crippen LogP contribution in [0.2, 0.25) is 0 Å². The zero-order chi connectivity index (χ0) is 51.0. The number of rotatable bonds is 21. The van der Waals surface area contributed by atoms with Gasteiger partial charge in [-0.3, -0.25) is 14.4 Å². The van der Waals surface area contributed by atoms with Gasteiger partial charge in [0.2, 0.25) is 18.2 Å². The molecule has 5 saturated heterocycles. The highest BCUT2D eigenvalue weighted by Crippen LogP contribution is 2.35. The molecule has 26 atom stereocenters. The van der Waals surface area contributed by atoms with Crippen molar-refractivity contribution in [2.45, 2.75) is 173 Å². The predicted octanol–water partition coefficient (Wildman–Crippen LogP) is -12.5. The SMILES string of the molecule is CC(=O)N[C@H]1[C@H](OC[C@H]2O[C@@H](O[C@@H]3[C@H](O)[C@@H](O)[C@H](O[C@H]4[C@H](O)[C@@H](O)[C@H](OC[C@@H](CO)NC=O)O[C@@H]4CO)O[C@@H]3CO)[C@H](NC(C)=O)[C@@H](O[C@@H]3O[C@H](CO)[C@H](O)[C@H](O)[C@H]3O)[C@H]2O)O[C@H](CO)[C@@H](O)[C@@H]1O. The van der Waals surface area contributed by atoms with Gasteiger partial charge in [-0.2, -0.15) is 0 Å². The first-order valence-electron chi connectivity index (χ1n) is 21.8. The van der Waals surface area contributed by atoms with E-state index in [1.165, 1.54) is 0 Å². The molecule has 400 valence electrons. The van der Waals surface area contributed by atoms with Gasteiger partial charge in [0, 0.05) is 13.8 Å². The minimum absolute atomic E-state index is 0.284. The number of hydrogen-bond acceptors (Lipinski definition) is 28. The summed E-state index contributed by atoms with van der Waals surface area (Å²) in [6.07, 6.45) is -42.2. The first kappa shape index (κ1) is 57.3. The average Bonchev–Trinajstić information content (AvgIpc) is 3.32. The van der Waals surface area contributed by atoms with Gasteiger partial charge in [0.25, 0.3) is 0 Å². The smallest absolute Gasteiger partial charge is 0.217 e. The molecule has 0 radical (unpaired) electrons. The largest absolute Gasteiger partial charge is 0.394 e. The van der Waals surface area contributed by atoms with Crippen molar-refractivity contribution in [1.82, 2.24) is 16.0 Å². The first-order valence-corrected chi connectivity index (χ1v) is 21.8. The summed E-state index contributed by atoms with van der Waals surface area (Å²) in [5, 5.41) is 166. The van der Waals surface area contributed by atoms with Crippen LogP contribution in [0.4, 0.5) is 0 Å². The topological polar surface area (TPSA) is 483 Å². The number of nitrogens with one attached hydrogen (secondary N) is 3. The van der Waals surface area contributed by atoms with Crippen LogP contribution in [0.25, 0.3) is 0 Å². The highest BCUT2D eigenvalue weighted by Gasteiger charge is 2.56. The standard InChI is InChI=1S/C38H65N3O28/c1-11(48)40-19-24(53)21(50)14(4-43)62-34(19)61-9-18-23(52)33(69-37-28(57)25(54)22(51)15(5-44)63-37)20(41-12(2)49)35(66-18)67-31-17(7-46)65-38(30(59)27(31)56)68-32-16(6-45)64-36(29(58)26(32)55)60-8-13(3-42)39-10-47/h10,13-38,42-46,50-59H,3-9H2,1-2H3,(H,39,47)(H,40,48)(H,41,49)/t13-,14-,15-,16-,17-,18-,19-,20-,21-,22+,23+,24-,25+,26-,27-,28-,29-,30-,31+,32-,33-,34-,35+,36-,37+,38+/m1/s1. The third-order valence-electron chi connectivity index (χ3n) is 12.1. The molecule has 0 aromatic carbocycles. The van der Waals surface area contributed by atoms with E-state index in [0.29, 0.717) is 0 Å². The van der Waals surface area contributed by atoms with Gasteiger partial charge >= 0.3 is 0 Å². The van der Waals surface area contributed by atoms with Crippen molar-refractivity contribution in [3.63, 3.8) is 0 Å². The van der Waals surface area contributed by atoms with Crippen LogP contribution < -0.4 is 16.0 Å². The number of ether oxygens (including phenoxy) is 10. The number of carbonyl (C=O) groups excluding carboxylic acids is 3. The maximum absolute atomic E-state index is 12.7. The van der Waals surface area contributed by atoms with Gasteiger partial charge in [0.05, 0.1) is 52.3 Å². The molecule has 31 heteroatoms. The van der Waals surface area contributed by atoms with Gasteiger partial charge in [0.1, 0.15) is 122 Å². The van der Waals surface area contributed by atoms with E-state index in [1.54, 1.807) is 0 Å². The molecule has 5 rings (SSSR count). The molecule has 5 aliphatic rings. The summed E-state index contributed by atoms with van der Waals surface area (Å²) >= 11 is 0. The maximum Gasteiger partial charge on any atom is 0.217 e. The van der Waals surface area contributed by atoms with E-state index in [1.807, 2.05) is 0 Å². The normalized spacial score (nSPS) is 45.6. The number of aliphatic hydroxyl groups is 15. The lowest BCUT2D eigenvalue weighted by atomic mass is 9.94. The lowest BCUT2D eigenvalue weighted by molar-refractivity contribution is -0.381. The van der Waals surface area contributed by atoms with Crippen LogP contribution in [0.15, 0.2) is 0 Å². The van der Waals surface area contributed by atoms with Crippen molar-refractivity contribution in [2.24, 2.45) is 0 Å². The van der Waals surface area contributed by atoms with Crippen LogP contribution in [0, 0.1) is 0 Å². The Bertz CT molecular complexity index is 1610. The quantitative estimate of drug-likeness (QED) is 0.0475. The summed E-state index contributed by atoms with van der Waals surface area (Å²) in [5.74, 6) is -1.56. The number of amides is 3. The van der Waals surface area contributed by atoms with E-state index < -0.39 is 218 Å². The van der Waals surface area contributed by atoms with Crippen molar-refractivity contribution in [1.29, 1.82) is 0 Å². The summed E-state index contributed by atoms with van der Waals surface area (Å²) in [6.45, 7) is -3.43. The van der Waals surface area contributed by atoms with E-state index in [2.05, 4.69) is 16.0 Å². The highest BCUT2D eigenvalue weighted by atomic mass is 16.8. The van der Waals surface area contributed by atoms with Crippen molar-refractivity contribution in [2.75, 3.05) is 46.2 Å². The van der Waals surface area contributed by atoms with E-state index in [0.717, 1.165) is 13.8 Å². The molecule has 5 aliphatic heterocycles. The summed E-state index contributed by atoms with van der Waals surface area (Å²) in [6, 6.07) is -4.20. The van der Waals surface area contributed by atoms with Crippen LogP contribution in [0.3, 0.4) is 0 Å². The zero-order valence-electron chi connectivity index (χ0n) is 37.1. The Morgan fingerprint density at radius 3 is 1.43 bits per heavy atom. The van der Waals surface area contributed by atoms with Crippen LogP contribution >= 0.6 is 0 Å². The number of carbonyl (C=O) groups is 3. The second kappa shape index (κ2) is 25.9. The minimum Gasteiger partial charge on any atom is -0.394 e. The fourth-order valence-electron chi connectivity index (χ4n) is 8.32. The van der Waals surface area contributed by atoms with Gasteiger partial charge in [-0.15, -0.1) is 0 Å². The summed E-state index contributed by atoms with van der Waals surface area (Å²) in [5.41, 5.74) is 0. The van der Waals surface area contributed by atoms with Gasteiger partial charge in [0.15, 0.2) is 31.5 Å². The van der Waals surface area contributed by atoms with Crippen LogP contribution in [-0.2, 0) is 61.8 Å². The second-order valence-electron chi connectivity index (χ2n) is 16.9. The van der Waals surface area contributed by atoms with Crippen LogP contribution in [0.5, 0.6) is 0 Å². The number of hydrogen-bond donors (Lipinski definition) is 18. The molecule has 0 spiro atoms. The zero-order valence-corrected chi connectivity index (χ0v) is 37.1. The molecule has 5 fully saturated rings. The molecule has 69 heavy (non-hydrogen) atoms. The molecule has 0 saturated carbocycles. The third kappa shape index (κ3) is 13.3. The summed E-state index contributed by atoms with van der Waals surface area (Å²) in [4.78, 5) is 35.6. The molecular weight excluding hydrogens is 946 g/mol. The fourth-order valence-corrected chi connectivity index (χ4v) is 8.32. The van der Waals surface area contributed by atoms with Gasteiger partial charge in [-0.1, -0.05) is 0 Å². The molecule has 0 unspecified atom stereocenters. The Labute approximate surface area is 391 Å². The molecule has 31 nitrogen and oxygen atoms in total. The minimum atomic E-state index is -2.18. The molecule has 3 amide bonds. The van der Waals surface area contributed by atoms with Gasteiger partial charge < -0.3 is 140 Å². The fraction of sp³-hybridized carbons (Fsp3) is 0.921. The van der Waals surface area contributed by atoms with Crippen molar-refractivity contribution in [3.05, 3.63) is 0 Å². The predicted molar refractivity (Wildman–Crippen MR) is 214 cm³/mol. The van der Waals surface area contributed by atoms with Crippen molar-refractivity contribution >= 4 is 18.2 Å². The Morgan fingerprint density at radius 1 is 0.478 bits per heavy atom.